The smallest absolute Gasteiger partial charge is 0.0801 e. The minimum Gasteiger partial charge on any atom is -0.390 e. The lowest BCUT2D eigenvalue weighted by Gasteiger charge is -2.07. The van der Waals surface area contributed by atoms with Gasteiger partial charge in [0.1, 0.15) is 0 Å². The molecule has 1 fully saturated rings. The van der Waals surface area contributed by atoms with Crippen LogP contribution in [0.4, 0.5) is 0 Å². The molecule has 0 saturated heterocycles. The zero-order valence-corrected chi connectivity index (χ0v) is 5.84. The molecule has 0 spiro atoms. The maximum atomic E-state index is 9.20. The van der Waals surface area contributed by atoms with Crippen molar-refractivity contribution in [3.8, 4) is 0 Å². The lowest BCUT2D eigenvalue weighted by atomic mass is 10.2. The first-order chi connectivity index (χ1) is 4.34. The van der Waals surface area contributed by atoms with Gasteiger partial charge in [0, 0.05) is 6.61 Å². The van der Waals surface area contributed by atoms with E-state index in [1.807, 2.05) is 6.92 Å². The van der Waals surface area contributed by atoms with Gasteiger partial charge in [0.05, 0.1) is 12.7 Å². The molecule has 1 N–H and O–H groups in total. The number of rotatable bonds is 4. The van der Waals surface area contributed by atoms with Crippen LogP contribution in [0.2, 0.25) is 0 Å². The summed E-state index contributed by atoms with van der Waals surface area (Å²) in [5, 5.41) is 9.20. The van der Waals surface area contributed by atoms with Crippen LogP contribution in [0.25, 0.3) is 0 Å². The Hall–Kier alpha value is -0.0800. The van der Waals surface area contributed by atoms with E-state index in [0.717, 1.165) is 0 Å². The first-order valence-corrected chi connectivity index (χ1v) is 3.60. The Labute approximate surface area is 55.8 Å². The summed E-state index contributed by atoms with van der Waals surface area (Å²) in [7, 11) is 0. The molecule has 0 heterocycles. The molecule has 2 heteroatoms. The quantitative estimate of drug-likeness (QED) is 0.609. The molecule has 1 atom stereocenters. The fraction of sp³-hybridized carbons (Fsp3) is 1.00. The van der Waals surface area contributed by atoms with E-state index in [0.29, 0.717) is 19.1 Å². The molecule has 0 radical (unpaired) electrons. The Morgan fingerprint density at radius 3 is 2.78 bits per heavy atom. The molecular formula is C7H14O2. The molecule has 0 aliphatic heterocycles. The molecule has 0 aromatic rings. The van der Waals surface area contributed by atoms with Crippen LogP contribution >= 0.6 is 0 Å². The highest BCUT2D eigenvalue weighted by atomic mass is 16.5. The summed E-state index contributed by atoms with van der Waals surface area (Å²) in [5.74, 6) is 0.552. The van der Waals surface area contributed by atoms with E-state index in [1.54, 1.807) is 0 Å². The maximum Gasteiger partial charge on any atom is 0.0801 e. The van der Waals surface area contributed by atoms with Crippen molar-refractivity contribution in [1.29, 1.82) is 0 Å². The maximum absolute atomic E-state index is 9.20. The average molecular weight is 130 g/mol. The molecule has 0 amide bonds. The Morgan fingerprint density at radius 1 is 1.67 bits per heavy atom. The second-order valence-electron chi connectivity index (χ2n) is 2.56. The Bertz CT molecular complexity index is 79.0. The lowest BCUT2D eigenvalue weighted by Crippen LogP contribution is -2.16. The Kier molecular flexibility index (Phi) is 2.49. The van der Waals surface area contributed by atoms with Crippen LogP contribution in [0.15, 0.2) is 0 Å². The van der Waals surface area contributed by atoms with Gasteiger partial charge in [0.15, 0.2) is 0 Å². The highest BCUT2D eigenvalue weighted by Gasteiger charge is 2.29. The standard InChI is InChI=1S/C7H14O2/c1-2-9-5-7(8)6-3-4-6/h6-8H,2-5H2,1H3/t7-/m1/s1. The van der Waals surface area contributed by atoms with Crippen LogP contribution in [0.3, 0.4) is 0 Å². The monoisotopic (exact) mass is 130 g/mol. The molecule has 1 saturated carbocycles. The molecule has 1 rings (SSSR count). The van der Waals surface area contributed by atoms with Crippen LogP contribution in [-0.2, 0) is 4.74 Å². The lowest BCUT2D eigenvalue weighted by molar-refractivity contribution is 0.0308. The Balaban J connectivity index is 1.96. The second-order valence-corrected chi connectivity index (χ2v) is 2.56. The molecule has 54 valence electrons. The third-order valence-electron chi connectivity index (χ3n) is 1.66. The summed E-state index contributed by atoms with van der Waals surface area (Å²) in [6.45, 7) is 3.19. The fourth-order valence-electron chi connectivity index (χ4n) is 0.856. The van der Waals surface area contributed by atoms with Gasteiger partial charge >= 0.3 is 0 Å². The van der Waals surface area contributed by atoms with Crippen molar-refractivity contribution in [2.45, 2.75) is 25.9 Å². The van der Waals surface area contributed by atoms with Gasteiger partial charge in [0.25, 0.3) is 0 Å². The normalized spacial score (nSPS) is 22.0. The number of hydrogen-bond donors (Lipinski definition) is 1. The van der Waals surface area contributed by atoms with Gasteiger partial charge in [-0.3, -0.25) is 0 Å². The van der Waals surface area contributed by atoms with Gasteiger partial charge in [0.2, 0.25) is 0 Å². The van der Waals surface area contributed by atoms with Crippen LogP contribution in [0.1, 0.15) is 19.8 Å². The summed E-state index contributed by atoms with van der Waals surface area (Å²) in [6, 6.07) is 0. The van der Waals surface area contributed by atoms with Crippen molar-refractivity contribution in [2.75, 3.05) is 13.2 Å². The third-order valence-corrected chi connectivity index (χ3v) is 1.66. The van der Waals surface area contributed by atoms with Gasteiger partial charge < -0.3 is 9.84 Å². The van der Waals surface area contributed by atoms with Crippen molar-refractivity contribution >= 4 is 0 Å². The van der Waals surface area contributed by atoms with Gasteiger partial charge in [-0.25, -0.2) is 0 Å². The zero-order chi connectivity index (χ0) is 6.69. The fourth-order valence-corrected chi connectivity index (χ4v) is 0.856. The molecule has 0 aromatic heterocycles. The van der Waals surface area contributed by atoms with Crippen LogP contribution < -0.4 is 0 Å². The van der Waals surface area contributed by atoms with E-state index in [2.05, 4.69) is 0 Å². The number of ether oxygens (including phenoxy) is 1. The molecule has 2 nitrogen and oxygen atoms in total. The van der Waals surface area contributed by atoms with Crippen molar-refractivity contribution in [3.05, 3.63) is 0 Å². The average Bonchev–Trinajstić information content (AvgIpc) is 2.63. The first kappa shape index (κ1) is 7.03. The van der Waals surface area contributed by atoms with Crippen LogP contribution in [0, 0.1) is 5.92 Å². The number of aliphatic hydroxyl groups is 1. The summed E-state index contributed by atoms with van der Waals surface area (Å²) in [4.78, 5) is 0. The summed E-state index contributed by atoms with van der Waals surface area (Å²) >= 11 is 0. The highest BCUT2D eigenvalue weighted by Crippen LogP contribution is 2.32. The van der Waals surface area contributed by atoms with Crippen molar-refractivity contribution in [2.24, 2.45) is 5.92 Å². The SMILES string of the molecule is CCOC[C@@H](O)C1CC1. The van der Waals surface area contributed by atoms with E-state index in [4.69, 9.17) is 4.74 Å². The second kappa shape index (κ2) is 3.18. The van der Waals surface area contributed by atoms with Gasteiger partial charge in [-0.05, 0) is 25.7 Å². The number of hydrogen-bond acceptors (Lipinski definition) is 2. The van der Waals surface area contributed by atoms with Crippen LogP contribution in [-0.4, -0.2) is 24.4 Å². The predicted octanol–water partition coefficient (Wildman–Crippen LogP) is 0.794. The van der Waals surface area contributed by atoms with E-state index in [9.17, 15) is 5.11 Å². The van der Waals surface area contributed by atoms with Crippen molar-refractivity contribution in [3.63, 3.8) is 0 Å². The molecule has 0 unspecified atom stereocenters. The highest BCUT2D eigenvalue weighted by molar-refractivity contribution is 4.80. The van der Waals surface area contributed by atoms with E-state index < -0.39 is 0 Å². The van der Waals surface area contributed by atoms with E-state index in [-0.39, 0.29) is 6.10 Å². The van der Waals surface area contributed by atoms with E-state index in [1.165, 1.54) is 12.8 Å². The van der Waals surface area contributed by atoms with Gasteiger partial charge in [-0.15, -0.1) is 0 Å². The van der Waals surface area contributed by atoms with Crippen molar-refractivity contribution < 1.29 is 9.84 Å². The molecule has 9 heavy (non-hydrogen) atoms. The largest absolute Gasteiger partial charge is 0.390 e. The summed E-state index contributed by atoms with van der Waals surface area (Å²) in [5.41, 5.74) is 0. The Morgan fingerprint density at radius 2 is 2.33 bits per heavy atom. The molecule has 0 bridgehead atoms. The van der Waals surface area contributed by atoms with E-state index >= 15 is 0 Å². The van der Waals surface area contributed by atoms with Gasteiger partial charge in [-0.2, -0.15) is 0 Å². The topological polar surface area (TPSA) is 29.5 Å². The third kappa shape index (κ3) is 2.33. The predicted molar refractivity (Wildman–Crippen MR) is 35.2 cm³/mol. The summed E-state index contributed by atoms with van der Waals surface area (Å²) in [6.07, 6.45) is 2.19. The number of aliphatic hydroxyl groups excluding tert-OH is 1. The first-order valence-electron chi connectivity index (χ1n) is 3.60. The summed E-state index contributed by atoms with van der Waals surface area (Å²) < 4.78 is 5.05. The van der Waals surface area contributed by atoms with Crippen molar-refractivity contribution in [1.82, 2.24) is 0 Å². The zero-order valence-electron chi connectivity index (χ0n) is 5.84. The molecule has 1 aliphatic carbocycles. The molecule has 0 aromatic carbocycles. The minimum absolute atomic E-state index is 0.190. The molecular weight excluding hydrogens is 116 g/mol. The molecule has 1 aliphatic rings. The van der Waals surface area contributed by atoms with Gasteiger partial charge in [-0.1, -0.05) is 0 Å². The van der Waals surface area contributed by atoms with Crippen LogP contribution in [0.5, 0.6) is 0 Å². The minimum atomic E-state index is -0.190.